The Hall–Kier alpha value is -2.30. The Kier molecular flexibility index (Phi) is 4.96. The zero-order valence-corrected chi connectivity index (χ0v) is 16.0. The topological polar surface area (TPSA) is 30.7 Å². The Morgan fingerprint density at radius 3 is 2.65 bits per heavy atom. The van der Waals surface area contributed by atoms with Gasteiger partial charge in [0.1, 0.15) is 0 Å². The Labute approximate surface area is 162 Å². The van der Waals surface area contributed by atoms with Crippen LogP contribution < -0.4 is 0 Å². The number of hydrogen-bond acceptors (Lipinski definition) is 3. The molecule has 0 fully saturated rings. The average molecular weight is 380 g/mol. The number of pyridine rings is 1. The van der Waals surface area contributed by atoms with E-state index in [4.69, 9.17) is 16.6 Å². The van der Waals surface area contributed by atoms with E-state index < -0.39 is 0 Å². The van der Waals surface area contributed by atoms with Crippen molar-refractivity contribution in [1.29, 1.82) is 0 Å². The Bertz CT molecular complexity index is 1040. The second-order valence-corrected chi connectivity index (χ2v) is 7.45. The van der Waals surface area contributed by atoms with Crippen molar-refractivity contribution in [2.24, 2.45) is 0 Å². The van der Waals surface area contributed by atoms with Crippen molar-refractivity contribution in [3.05, 3.63) is 88.8 Å². The highest BCUT2D eigenvalue weighted by atomic mass is 35.5. The SMILES string of the molecule is Cc1c(Cl)c(CSc2nccn2Cc2ccccc2)nc2ccccc12. The minimum atomic E-state index is 0.691. The van der Waals surface area contributed by atoms with Gasteiger partial charge in [-0.15, -0.1) is 0 Å². The first-order valence-electron chi connectivity index (χ1n) is 8.44. The highest BCUT2D eigenvalue weighted by Gasteiger charge is 2.12. The van der Waals surface area contributed by atoms with Crippen LogP contribution in [0.5, 0.6) is 0 Å². The van der Waals surface area contributed by atoms with Crippen LogP contribution in [0.25, 0.3) is 10.9 Å². The lowest BCUT2D eigenvalue weighted by molar-refractivity contribution is 0.708. The maximum absolute atomic E-state index is 6.58. The number of halogens is 1. The van der Waals surface area contributed by atoms with Gasteiger partial charge in [0.2, 0.25) is 0 Å². The molecule has 2 heterocycles. The third kappa shape index (κ3) is 3.48. The summed E-state index contributed by atoms with van der Waals surface area (Å²) in [5.74, 6) is 0.691. The zero-order chi connectivity index (χ0) is 17.9. The lowest BCUT2D eigenvalue weighted by Crippen LogP contribution is -2.01. The summed E-state index contributed by atoms with van der Waals surface area (Å²) in [6, 6.07) is 18.5. The molecule has 4 rings (SSSR count). The minimum Gasteiger partial charge on any atom is -0.322 e. The molecule has 0 aliphatic carbocycles. The molecule has 0 unspecified atom stereocenters. The van der Waals surface area contributed by atoms with Gasteiger partial charge < -0.3 is 4.57 Å². The van der Waals surface area contributed by atoms with Crippen LogP contribution in [0, 0.1) is 6.92 Å². The summed E-state index contributed by atoms with van der Waals surface area (Å²) in [5, 5.41) is 2.83. The standard InChI is InChI=1S/C21H18ClN3S/c1-15-17-9-5-6-10-18(17)24-19(20(15)22)14-26-21-23-11-12-25(21)13-16-7-3-2-4-8-16/h2-12H,13-14H2,1H3. The number of rotatable bonds is 5. The molecule has 0 saturated heterocycles. The predicted octanol–water partition coefficient (Wildman–Crippen LogP) is 5.73. The first kappa shape index (κ1) is 17.1. The first-order valence-corrected chi connectivity index (χ1v) is 9.80. The van der Waals surface area contributed by atoms with Crippen LogP contribution in [0.4, 0.5) is 0 Å². The van der Waals surface area contributed by atoms with Crippen LogP contribution in [-0.2, 0) is 12.3 Å². The molecule has 0 radical (unpaired) electrons. The van der Waals surface area contributed by atoms with Gasteiger partial charge in [0, 0.05) is 30.1 Å². The molecule has 0 aliphatic heterocycles. The first-order chi connectivity index (χ1) is 12.7. The normalized spacial score (nSPS) is 11.2. The van der Waals surface area contributed by atoms with Gasteiger partial charge in [-0.05, 0) is 24.1 Å². The van der Waals surface area contributed by atoms with E-state index in [9.17, 15) is 0 Å². The number of fused-ring (bicyclic) bond motifs is 1. The third-order valence-electron chi connectivity index (χ3n) is 4.36. The van der Waals surface area contributed by atoms with Crippen molar-refractivity contribution in [2.75, 3.05) is 0 Å². The largest absolute Gasteiger partial charge is 0.322 e. The smallest absolute Gasteiger partial charge is 0.168 e. The fourth-order valence-electron chi connectivity index (χ4n) is 2.98. The van der Waals surface area contributed by atoms with Gasteiger partial charge in [-0.3, -0.25) is 4.98 Å². The monoisotopic (exact) mass is 379 g/mol. The fourth-order valence-corrected chi connectivity index (χ4v) is 4.17. The van der Waals surface area contributed by atoms with E-state index >= 15 is 0 Å². The Morgan fingerprint density at radius 2 is 1.81 bits per heavy atom. The minimum absolute atomic E-state index is 0.691. The molecule has 0 amide bonds. The molecule has 2 aromatic heterocycles. The maximum atomic E-state index is 6.58. The summed E-state index contributed by atoms with van der Waals surface area (Å²) in [7, 11) is 0. The van der Waals surface area contributed by atoms with E-state index in [1.807, 2.05) is 36.7 Å². The molecule has 5 heteroatoms. The highest BCUT2D eigenvalue weighted by Crippen LogP contribution is 2.31. The summed E-state index contributed by atoms with van der Waals surface area (Å²) in [5.41, 5.74) is 4.23. The van der Waals surface area contributed by atoms with Crippen molar-refractivity contribution in [2.45, 2.75) is 24.4 Å². The van der Waals surface area contributed by atoms with E-state index in [1.165, 1.54) is 5.56 Å². The second kappa shape index (κ2) is 7.52. The van der Waals surface area contributed by atoms with Crippen LogP contribution in [0.2, 0.25) is 5.02 Å². The summed E-state index contributed by atoms with van der Waals surface area (Å²) in [6.45, 7) is 2.86. The van der Waals surface area contributed by atoms with E-state index in [2.05, 4.69) is 46.8 Å². The quantitative estimate of drug-likeness (QED) is 0.414. The molecule has 0 saturated carbocycles. The van der Waals surface area contributed by atoms with E-state index in [0.717, 1.165) is 38.9 Å². The maximum Gasteiger partial charge on any atom is 0.168 e. The second-order valence-electron chi connectivity index (χ2n) is 6.13. The van der Waals surface area contributed by atoms with Crippen LogP contribution >= 0.6 is 23.4 Å². The van der Waals surface area contributed by atoms with Crippen molar-refractivity contribution in [1.82, 2.24) is 14.5 Å². The molecule has 130 valence electrons. The number of hydrogen-bond donors (Lipinski definition) is 0. The number of aromatic nitrogens is 3. The van der Waals surface area contributed by atoms with Gasteiger partial charge in [0.25, 0.3) is 0 Å². The van der Waals surface area contributed by atoms with Crippen molar-refractivity contribution in [3.63, 3.8) is 0 Å². The summed E-state index contributed by atoms with van der Waals surface area (Å²) < 4.78 is 2.15. The molecule has 2 aromatic carbocycles. The van der Waals surface area contributed by atoms with Crippen molar-refractivity contribution >= 4 is 34.3 Å². The number of aryl methyl sites for hydroxylation is 1. The number of benzene rings is 2. The van der Waals surface area contributed by atoms with Crippen molar-refractivity contribution in [3.8, 4) is 0 Å². The summed E-state index contributed by atoms with van der Waals surface area (Å²) in [4.78, 5) is 9.26. The molecule has 26 heavy (non-hydrogen) atoms. The molecule has 4 aromatic rings. The van der Waals surface area contributed by atoms with Crippen LogP contribution in [0.15, 0.2) is 72.1 Å². The average Bonchev–Trinajstić information content (AvgIpc) is 3.11. The van der Waals surface area contributed by atoms with Crippen LogP contribution in [-0.4, -0.2) is 14.5 Å². The summed E-state index contributed by atoms with van der Waals surface area (Å²) >= 11 is 8.24. The molecular formula is C21H18ClN3S. The highest BCUT2D eigenvalue weighted by molar-refractivity contribution is 7.98. The third-order valence-corrected chi connectivity index (χ3v) is 5.87. The lowest BCUT2D eigenvalue weighted by Gasteiger charge is -2.11. The van der Waals surface area contributed by atoms with Gasteiger partial charge in [-0.25, -0.2) is 4.98 Å². The fraction of sp³-hybridized carbons (Fsp3) is 0.143. The van der Waals surface area contributed by atoms with E-state index in [0.29, 0.717) is 5.75 Å². The number of imidazole rings is 1. The Morgan fingerprint density at radius 1 is 1.04 bits per heavy atom. The molecule has 0 atom stereocenters. The van der Waals surface area contributed by atoms with E-state index in [1.54, 1.807) is 11.8 Å². The van der Waals surface area contributed by atoms with Crippen LogP contribution in [0.1, 0.15) is 16.8 Å². The van der Waals surface area contributed by atoms with Gasteiger partial charge in [0.05, 0.1) is 16.2 Å². The zero-order valence-electron chi connectivity index (χ0n) is 14.4. The number of para-hydroxylation sites is 1. The molecule has 3 nitrogen and oxygen atoms in total. The number of thioether (sulfide) groups is 1. The van der Waals surface area contributed by atoms with Gasteiger partial charge in [-0.1, -0.05) is 71.9 Å². The molecular weight excluding hydrogens is 362 g/mol. The van der Waals surface area contributed by atoms with Gasteiger partial charge >= 0.3 is 0 Å². The molecule has 0 bridgehead atoms. The van der Waals surface area contributed by atoms with Gasteiger partial charge in [0.15, 0.2) is 5.16 Å². The lowest BCUT2D eigenvalue weighted by atomic mass is 10.1. The summed E-state index contributed by atoms with van der Waals surface area (Å²) in [6.07, 6.45) is 3.85. The van der Waals surface area contributed by atoms with Crippen LogP contribution in [0.3, 0.4) is 0 Å². The molecule has 0 N–H and O–H groups in total. The Balaban J connectivity index is 1.56. The molecule has 0 aliphatic rings. The number of nitrogens with zero attached hydrogens (tertiary/aromatic N) is 3. The van der Waals surface area contributed by atoms with Gasteiger partial charge in [-0.2, -0.15) is 0 Å². The predicted molar refractivity (Wildman–Crippen MR) is 109 cm³/mol. The van der Waals surface area contributed by atoms with Crippen molar-refractivity contribution < 1.29 is 0 Å². The van der Waals surface area contributed by atoms with E-state index in [-0.39, 0.29) is 0 Å². The molecule has 0 spiro atoms.